The van der Waals surface area contributed by atoms with Gasteiger partial charge < -0.3 is 15.4 Å². The summed E-state index contributed by atoms with van der Waals surface area (Å²) >= 11 is 0. The van der Waals surface area contributed by atoms with Crippen molar-refractivity contribution in [3.8, 4) is 11.3 Å². The molecule has 2 N–H and O–H groups in total. The van der Waals surface area contributed by atoms with E-state index in [1.807, 2.05) is 0 Å². The fourth-order valence-corrected chi connectivity index (χ4v) is 2.84. The largest absolute Gasteiger partial charge is 0.384 e. The van der Waals surface area contributed by atoms with Gasteiger partial charge in [-0.15, -0.1) is 0 Å². The summed E-state index contributed by atoms with van der Waals surface area (Å²) in [4.78, 5) is 32.3. The third kappa shape index (κ3) is 5.97. The number of pyridine rings is 1. The van der Waals surface area contributed by atoms with Crippen LogP contribution in [-0.2, 0) is 21.9 Å². The topological polar surface area (TPSA) is 115 Å². The van der Waals surface area contributed by atoms with E-state index in [9.17, 15) is 13.6 Å². The minimum absolute atomic E-state index is 0.166. The molecule has 0 spiro atoms. The first kappa shape index (κ1) is 23.1. The third-order valence-electron chi connectivity index (χ3n) is 4.24. The van der Waals surface area contributed by atoms with E-state index in [1.165, 1.54) is 19.2 Å². The number of rotatable bonds is 8. The molecule has 0 radical (unpaired) electrons. The van der Waals surface area contributed by atoms with E-state index in [4.69, 9.17) is 4.74 Å². The van der Waals surface area contributed by atoms with E-state index >= 15 is 0 Å². The van der Waals surface area contributed by atoms with Gasteiger partial charge in [-0.25, -0.2) is 19.9 Å². The summed E-state index contributed by atoms with van der Waals surface area (Å²) in [7, 11) is 1.60. The molecule has 11 heteroatoms. The Morgan fingerprint density at radius 3 is 2.59 bits per heavy atom. The van der Waals surface area contributed by atoms with Crippen LogP contribution in [-0.4, -0.2) is 44.5 Å². The second-order valence-electron chi connectivity index (χ2n) is 7.17. The molecular formula is C21H23F2N7O2. The number of aromatic nitrogens is 5. The van der Waals surface area contributed by atoms with Crippen LogP contribution in [0.15, 0.2) is 30.7 Å². The number of nitrogens with zero attached hydrogens (tertiary/aromatic N) is 5. The van der Waals surface area contributed by atoms with Crippen LogP contribution < -0.4 is 10.6 Å². The zero-order chi connectivity index (χ0) is 23.3. The van der Waals surface area contributed by atoms with Crippen LogP contribution in [0.1, 0.15) is 31.1 Å². The van der Waals surface area contributed by atoms with Crippen molar-refractivity contribution >= 4 is 23.2 Å². The molecule has 0 aliphatic rings. The molecule has 168 valence electrons. The van der Waals surface area contributed by atoms with Crippen LogP contribution in [0, 0.1) is 6.92 Å². The predicted octanol–water partition coefficient (Wildman–Crippen LogP) is 3.64. The molecule has 3 aromatic heterocycles. The first-order chi connectivity index (χ1) is 15.2. The zero-order valence-electron chi connectivity index (χ0n) is 18.1. The summed E-state index contributed by atoms with van der Waals surface area (Å²) in [5, 5.41) is 5.63. The van der Waals surface area contributed by atoms with Gasteiger partial charge in [0.2, 0.25) is 11.7 Å². The SMILES string of the molecule is COCCc1cncc(-c2cnc(NC(C)=O)cc2Nc2cc(C)nc(C(C)(F)F)n2)n1. The van der Waals surface area contributed by atoms with Gasteiger partial charge in [0.1, 0.15) is 11.6 Å². The highest BCUT2D eigenvalue weighted by atomic mass is 19.3. The summed E-state index contributed by atoms with van der Waals surface area (Å²) in [6.45, 7) is 4.18. The van der Waals surface area contributed by atoms with Crippen molar-refractivity contribution in [1.82, 2.24) is 24.9 Å². The van der Waals surface area contributed by atoms with Crippen molar-refractivity contribution < 1.29 is 18.3 Å². The quantitative estimate of drug-likeness (QED) is 0.542. The number of anilines is 3. The normalized spacial score (nSPS) is 11.3. The van der Waals surface area contributed by atoms with Crippen molar-refractivity contribution in [2.45, 2.75) is 33.1 Å². The molecule has 1 amide bonds. The van der Waals surface area contributed by atoms with Gasteiger partial charge in [-0.2, -0.15) is 8.78 Å². The van der Waals surface area contributed by atoms with Crippen molar-refractivity contribution in [3.63, 3.8) is 0 Å². The van der Waals surface area contributed by atoms with E-state index in [2.05, 4.69) is 35.6 Å². The Morgan fingerprint density at radius 1 is 1.12 bits per heavy atom. The van der Waals surface area contributed by atoms with E-state index < -0.39 is 11.7 Å². The highest BCUT2D eigenvalue weighted by Gasteiger charge is 2.29. The van der Waals surface area contributed by atoms with Gasteiger partial charge >= 0.3 is 5.92 Å². The lowest BCUT2D eigenvalue weighted by Crippen LogP contribution is -2.14. The van der Waals surface area contributed by atoms with Crippen LogP contribution >= 0.6 is 0 Å². The molecule has 0 aromatic carbocycles. The number of halogens is 2. The van der Waals surface area contributed by atoms with Crippen LogP contribution in [0.5, 0.6) is 0 Å². The number of carbonyl (C=O) groups excluding carboxylic acids is 1. The number of alkyl halides is 2. The Balaban J connectivity index is 2.05. The number of methoxy groups -OCH3 is 1. The van der Waals surface area contributed by atoms with Crippen LogP contribution in [0.3, 0.4) is 0 Å². The molecule has 0 aliphatic carbocycles. The highest BCUT2D eigenvalue weighted by Crippen LogP contribution is 2.31. The van der Waals surface area contributed by atoms with Gasteiger partial charge in [0.25, 0.3) is 0 Å². The van der Waals surface area contributed by atoms with Gasteiger partial charge in [-0.05, 0) is 6.92 Å². The summed E-state index contributed by atoms with van der Waals surface area (Å²) in [6, 6.07) is 3.11. The lowest BCUT2D eigenvalue weighted by Gasteiger charge is -2.15. The smallest absolute Gasteiger partial charge is 0.303 e. The lowest BCUT2D eigenvalue weighted by molar-refractivity contribution is -0.114. The monoisotopic (exact) mass is 443 g/mol. The Morgan fingerprint density at radius 2 is 1.91 bits per heavy atom. The van der Waals surface area contributed by atoms with Gasteiger partial charge in [0.15, 0.2) is 0 Å². The molecule has 0 fully saturated rings. The first-order valence-electron chi connectivity index (χ1n) is 9.74. The number of nitrogens with one attached hydrogen (secondary N) is 2. The molecule has 0 saturated heterocycles. The second-order valence-corrected chi connectivity index (χ2v) is 7.17. The zero-order valence-corrected chi connectivity index (χ0v) is 18.1. The number of aryl methyl sites for hydroxylation is 1. The minimum atomic E-state index is -3.20. The second kappa shape index (κ2) is 9.69. The summed E-state index contributed by atoms with van der Waals surface area (Å²) < 4.78 is 32.7. The van der Waals surface area contributed by atoms with Crippen molar-refractivity contribution in [2.24, 2.45) is 0 Å². The summed E-state index contributed by atoms with van der Waals surface area (Å²) in [5.41, 5.74) is 2.59. The number of ether oxygens (including phenoxy) is 1. The van der Waals surface area contributed by atoms with E-state index in [0.29, 0.717) is 41.4 Å². The fourth-order valence-electron chi connectivity index (χ4n) is 2.84. The van der Waals surface area contributed by atoms with Gasteiger partial charge in [0.05, 0.1) is 29.9 Å². The Kier molecular flexibility index (Phi) is 6.98. The lowest BCUT2D eigenvalue weighted by atomic mass is 10.1. The molecule has 3 heterocycles. The molecule has 0 saturated carbocycles. The van der Waals surface area contributed by atoms with Crippen LogP contribution in [0.25, 0.3) is 11.3 Å². The molecule has 3 rings (SSSR count). The maximum absolute atomic E-state index is 13.8. The van der Waals surface area contributed by atoms with Crippen molar-refractivity contribution in [2.75, 3.05) is 24.4 Å². The predicted molar refractivity (Wildman–Crippen MR) is 115 cm³/mol. The highest BCUT2D eigenvalue weighted by molar-refractivity contribution is 5.89. The fraction of sp³-hybridized carbons (Fsp3) is 0.333. The number of amides is 1. The van der Waals surface area contributed by atoms with Crippen molar-refractivity contribution in [3.05, 3.63) is 47.9 Å². The average Bonchev–Trinajstić information content (AvgIpc) is 2.71. The van der Waals surface area contributed by atoms with E-state index in [-0.39, 0.29) is 17.5 Å². The molecule has 0 aliphatic heterocycles. The van der Waals surface area contributed by atoms with Crippen LogP contribution in [0.2, 0.25) is 0 Å². The Labute approximate surface area is 183 Å². The molecule has 0 bridgehead atoms. The molecular weight excluding hydrogens is 420 g/mol. The number of hydrogen-bond donors (Lipinski definition) is 2. The first-order valence-corrected chi connectivity index (χ1v) is 9.74. The maximum Gasteiger partial charge on any atom is 0.303 e. The minimum Gasteiger partial charge on any atom is -0.384 e. The standard InChI is InChI=1S/C21H23F2N7O2/c1-12-7-19(30-20(26-12)21(3,22)23)29-16-8-18(27-13(2)31)25-10-15(16)17-11-24-9-14(28-17)5-6-32-4/h7-11H,5-6H2,1-4H3,(H2,25,26,27,29,30,31). The number of carbonyl (C=O) groups is 1. The van der Waals surface area contributed by atoms with Crippen molar-refractivity contribution in [1.29, 1.82) is 0 Å². The summed E-state index contributed by atoms with van der Waals surface area (Å²) in [5.74, 6) is -3.66. The third-order valence-corrected chi connectivity index (χ3v) is 4.24. The maximum atomic E-state index is 13.8. The Hall–Kier alpha value is -3.60. The average molecular weight is 443 g/mol. The molecule has 0 unspecified atom stereocenters. The van der Waals surface area contributed by atoms with E-state index in [0.717, 1.165) is 6.92 Å². The summed E-state index contributed by atoms with van der Waals surface area (Å²) in [6.07, 6.45) is 5.28. The molecule has 3 aromatic rings. The number of hydrogen-bond acceptors (Lipinski definition) is 8. The Bertz CT molecular complexity index is 1120. The molecule has 32 heavy (non-hydrogen) atoms. The van der Waals surface area contributed by atoms with Gasteiger partial charge in [0, 0.05) is 63.2 Å². The molecule has 9 nitrogen and oxygen atoms in total. The van der Waals surface area contributed by atoms with E-state index in [1.54, 1.807) is 32.5 Å². The van der Waals surface area contributed by atoms with Crippen LogP contribution in [0.4, 0.5) is 26.1 Å². The van der Waals surface area contributed by atoms with Gasteiger partial charge in [-0.1, -0.05) is 0 Å². The van der Waals surface area contributed by atoms with Gasteiger partial charge in [-0.3, -0.25) is 9.78 Å². The molecule has 0 atom stereocenters.